The highest BCUT2D eigenvalue weighted by Gasteiger charge is 2.48. The van der Waals surface area contributed by atoms with Crippen molar-refractivity contribution in [2.45, 2.75) is 91.1 Å². The molecular weight excluding hydrogens is 414 g/mol. The van der Waals surface area contributed by atoms with Gasteiger partial charge in [0.1, 0.15) is 17.6 Å². The van der Waals surface area contributed by atoms with Crippen LogP contribution in [0.15, 0.2) is 40.5 Å². The summed E-state index contributed by atoms with van der Waals surface area (Å²) in [6, 6.07) is 7.82. The zero-order chi connectivity index (χ0) is 23.6. The minimum Gasteiger partial charge on any atom is -0.493 e. The molecule has 2 fully saturated rings. The number of benzene rings is 1. The predicted octanol–water partition coefficient (Wildman–Crippen LogP) is 6.17. The Morgan fingerprint density at radius 2 is 1.82 bits per heavy atom. The van der Waals surface area contributed by atoms with Crippen LogP contribution in [0.5, 0.6) is 5.75 Å². The Labute approximate surface area is 197 Å². The van der Waals surface area contributed by atoms with E-state index in [1.54, 1.807) is 0 Å². The van der Waals surface area contributed by atoms with Gasteiger partial charge in [-0.2, -0.15) is 0 Å². The average molecular weight is 452 g/mol. The van der Waals surface area contributed by atoms with Gasteiger partial charge in [0.05, 0.1) is 18.1 Å². The van der Waals surface area contributed by atoms with E-state index in [1.807, 2.05) is 31.2 Å². The Balaban J connectivity index is 1.78. The van der Waals surface area contributed by atoms with E-state index < -0.39 is 11.8 Å². The first-order chi connectivity index (χ1) is 15.8. The quantitative estimate of drug-likeness (QED) is 0.485. The van der Waals surface area contributed by atoms with Gasteiger partial charge >= 0.3 is 5.97 Å². The van der Waals surface area contributed by atoms with Crippen LogP contribution in [0.2, 0.25) is 0 Å². The van der Waals surface area contributed by atoms with Crippen molar-refractivity contribution >= 4 is 17.5 Å². The fourth-order valence-electron chi connectivity index (χ4n) is 5.67. The summed E-state index contributed by atoms with van der Waals surface area (Å²) in [4.78, 5) is 32.0. The molecule has 5 heteroatoms. The van der Waals surface area contributed by atoms with Crippen LogP contribution in [0.1, 0.15) is 90.5 Å². The van der Waals surface area contributed by atoms with Crippen molar-refractivity contribution in [2.24, 2.45) is 16.3 Å². The monoisotopic (exact) mass is 451 g/mol. The van der Waals surface area contributed by atoms with Gasteiger partial charge in [-0.1, -0.05) is 45.4 Å². The lowest BCUT2D eigenvalue weighted by molar-refractivity contribution is -0.146. The standard InChI is InChI=1S/C28H37NO4/c1-5-15-32-23-14-10-9-13-20(23)25-24(27(31)33-19-11-7-6-8-12-19)18(2)29-21-16-28(3,4)17-22(30)26(21)25/h9-10,13-14,19,25-26H,5-8,11-12,15-17H2,1-4H3/t25-,26?/m1/s1. The zero-order valence-electron chi connectivity index (χ0n) is 20.5. The van der Waals surface area contributed by atoms with Crippen LogP contribution in [-0.4, -0.2) is 30.2 Å². The van der Waals surface area contributed by atoms with Crippen molar-refractivity contribution < 1.29 is 19.1 Å². The highest BCUT2D eigenvalue weighted by Crippen LogP contribution is 2.49. The fourth-order valence-corrected chi connectivity index (χ4v) is 5.67. The second-order valence-electron chi connectivity index (χ2n) is 10.6. The SMILES string of the molecule is CCCOc1ccccc1[C@@H]1C(C(=O)OC2CCCCC2)=C(C)N=C2CC(C)(C)CC(=O)C21. The largest absolute Gasteiger partial charge is 0.493 e. The number of Topliss-reactive ketones (excluding diaryl/α,β-unsaturated/α-hetero) is 1. The molecule has 5 nitrogen and oxygen atoms in total. The van der Waals surface area contributed by atoms with Gasteiger partial charge in [0.25, 0.3) is 0 Å². The third-order valence-electron chi connectivity index (χ3n) is 7.13. The molecule has 2 aliphatic carbocycles. The average Bonchev–Trinajstić information content (AvgIpc) is 2.76. The molecular formula is C28H37NO4. The maximum Gasteiger partial charge on any atom is 0.336 e. The van der Waals surface area contributed by atoms with Crippen LogP contribution >= 0.6 is 0 Å². The summed E-state index contributed by atoms with van der Waals surface area (Å²) in [6.45, 7) is 8.76. The number of hydrogen-bond acceptors (Lipinski definition) is 5. The lowest BCUT2D eigenvalue weighted by Gasteiger charge is -2.41. The summed E-state index contributed by atoms with van der Waals surface area (Å²) in [5.41, 5.74) is 2.83. The summed E-state index contributed by atoms with van der Waals surface area (Å²) in [5, 5.41) is 0. The third kappa shape index (κ3) is 5.07. The molecule has 3 aliphatic rings. The summed E-state index contributed by atoms with van der Waals surface area (Å²) in [6.07, 6.45) is 7.25. The molecule has 0 spiro atoms. The van der Waals surface area contributed by atoms with Gasteiger partial charge in [0.15, 0.2) is 0 Å². The van der Waals surface area contributed by atoms with Gasteiger partial charge in [-0.15, -0.1) is 0 Å². The van der Waals surface area contributed by atoms with Gasteiger partial charge in [-0.3, -0.25) is 9.79 Å². The lowest BCUT2D eigenvalue weighted by atomic mass is 9.63. The van der Waals surface area contributed by atoms with E-state index in [2.05, 4.69) is 20.8 Å². The fraction of sp³-hybridized carbons (Fsp3) is 0.607. The molecule has 0 aromatic heterocycles. The first-order valence-corrected chi connectivity index (χ1v) is 12.5. The topological polar surface area (TPSA) is 65.0 Å². The molecule has 1 heterocycles. The number of allylic oxidation sites excluding steroid dienone is 1. The van der Waals surface area contributed by atoms with Crippen LogP contribution in [0.3, 0.4) is 0 Å². The molecule has 1 aromatic rings. The number of esters is 1. The van der Waals surface area contributed by atoms with Gasteiger partial charge in [0, 0.05) is 29.3 Å². The van der Waals surface area contributed by atoms with Crippen molar-refractivity contribution in [3.63, 3.8) is 0 Å². The molecule has 0 saturated heterocycles. The number of rotatable bonds is 6. The van der Waals surface area contributed by atoms with Gasteiger partial charge in [-0.05, 0) is 56.9 Å². The van der Waals surface area contributed by atoms with Crippen molar-refractivity contribution in [1.29, 1.82) is 0 Å². The molecule has 0 amide bonds. The van der Waals surface area contributed by atoms with E-state index in [1.165, 1.54) is 6.42 Å². The number of aliphatic imine (C=N–C) groups is 1. The lowest BCUT2D eigenvalue weighted by Crippen LogP contribution is -2.44. The minimum atomic E-state index is -0.443. The Kier molecular flexibility index (Phi) is 7.06. The normalized spacial score (nSPS) is 25.3. The summed E-state index contributed by atoms with van der Waals surface area (Å²) in [7, 11) is 0. The molecule has 0 radical (unpaired) electrons. The Morgan fingerprint density at radius 1 is 1.09 bits per heavy atom. The Bertz CT molecular complexity index is 968. The molecule has 1 aromatic carbocycles. The van der Waals surface area contributed by atoms with Crippen molar-refractivity contribution in [2.75, 3.05) is 6.61 Å². The van der Waals surface area contributed by atoms with Crippen LogP contribution in [-0.2, 0) is 14.3 Å². The molecule has 0 bridgehead atoms. The predicted molar refractivity (Wildman–Crippen MR) is 130 cm³/mol. The van der Waals surface area contributed by atoms with E-state index in [9.17, 15) is 9.59 Å². The highest BCUT2D eigenvalue weighted by molar-refractivity contribution is 6.12. The van der Waals surface area contributed by atoms with E-state index in [0.717, 1.165) is 55.5 Å². The molecule has 2 saturated carbocycles. The molecule has 178 valence electrons. The number of para-hydroxylation sites is 1. The maximum atomic E-state index is 13.6. The Morgan fingerprint density at radius 3 is 2.55 bits per heavy atom. The number of ether oxygens (including phenoxy) is 2. The van der Waals surface area contributed by atoms with E-state index >= 15 is 0 Å². The summed E-state index contributed by atoms with van der Waals surface area (Å²) in [5.74, 6) is -0.308. The van der Waals surface area contributed by atoms with Gasteiger partial charge in [-0.25, -0.2) is 4.79 Å². The number of fused-ring (bicyclic) bond motifs is 1. The van der Waals surface area contributed by atoms with Crippen LogP contribution in [0, 0.1) is 11.3 Å². The van der Waals surface area contributed by atoms with E-state index in [-0.39, 0.29) is 23.3 Å². The highest BCUT2D eigenvalue weighted by atomic mass is 16.5. The molecule has 2 atom stereocenters. The number of carbonyl (C=O) groups excluding carboxylic acids is 2. The minimum absolute atomic E-state index is 0.0508. The first-order valence-electron chi connectivity index (χ1n) is 12.5. The van der Waals surface area contributed by atoms with Crippen molar-refractivity contribution in [1.82, 2.24) is 0 Å². The smallest absolute Gasteiger partial charge is 0.336 e. The second kappa shape index (κ2) is 9.82. The molecule has 4 rings (SSSR count). The number of ketones is 1. The number of carbonyl (C=O) groups is 2. The third-order valence-corrected chi connectivity index (χ3v) is 7.13. The molecule has 33 heavy (non-hydrogen) atoms. The van der Waals surface area contributed by atoms with Gasteiger partial charge < -0.3 is 9.47 Å². The maximum absolute atomic E-state index is 13.6. The van der Waals surface area contributed by atoms with E-state index in [4.69, 9.17) is 14.5 Å². The van der Waals surface area contributed by atoms with Crippen LogP contribution in [0.4, 0.5) is 0 Å². The van der Waals surface area contributed by atoms with Crippen molar-refractivity contribution in [3.05, 3.63) is 41.1 Å². The number of hydrogen-bond donors (Lipinski definition) is 0. The summed E-state index contributed by atoms with van der Waals surface area (Å²) >= 11 is 0. The molecule has 0 N–H and O–H groups in total. The van der Waals surface area contributed by atoms with Crippen LogP contribution in [0.25, 0.3) is 0 Å². The van der Waals surface area contributed by atoms with E-state index in [0.29, 0.717) is 24.3 Å². The van der Waals surface area contributed by atoms with Gasteiger partial charge in [0.2, 0.25) is 0 Å². The molecule has 1 aliphatic heterocycles. The summed E-state index contributed by atoms with van der Waals surface area (Å²) < 4.78 is 12.1. The Hall–Kier alpha value is -2.43. The zero-order valence-corrected chi connectivity index (χ0v) is 20.5. The number of nitrogens with zero attached hydrogens (tertiary/aromatic N) is 1. The molecule has 1 unspecified atom stereocenters. The van der Waals surface area contributed by atoms with Crippen LogP contribution < -0.4 is 4.74 Å². The first kappa shape index (κ1) is 23.7. The van der Waals surface area contributed by atoms with Crippen molar-refractivity contribution in [3.8, 4) is 5.75 Å². The second-order valence-corrected chi connectivity index (χ2v) is 10.6.